The molecule has 1 amide bonds. The number of rotatable bonds is 8. The van der Waals surface area contributed by atoms with Gasteiger partial charge >= 0.3 is 0 Å². The molecule has 0 unspecified atom stereocenters. The molecule has 6 nitrogen and oxygen atoms in total. The van der Waals surface area contributed by atoms with Gasteiger partial charge in [0.1, 0.15) is 17.3 Å². The average molecular weight is 509 g/mol. The molecule has 38 heavy (non-hydrogen) atoms. The van der Waals surface area contributed by atoms with Gasteiger partial charge in [-0.15, -0.1) is 0 Å². The third kappa shape index (κ3) is 5.57. The minimum Gasteiger partial charge on any atom is -0.492 e. The Kier molecular flexibility index (Phi) is 7.18. The molecule has 0 spiro atoms. The number of nitrogens with zero attached hydrogens (tertiary/aromatic N) is 2. The Morgan fingerprint density at radius 2 is 1.74 bits per heavy atom. The lowest BCUT2D eigenvalue weighted by molar-refractivity contribution is 0.0935. The van der Waals surface area contributed by atoms with E-state index in [0.717, 1.165) is 27.6 Å². The van der Waals surface area contributed by atoms with Crippen LogP contribution in [-0.4, -0.2) is 27.5 Å². The van der Waals surface area contributed by atoms with Gasteiger partial charge in [-0.25, -0.2) is 9.37 Å². The summed E-state index contributed by atoms with van der Waals surface area (Å²) >= 11 is 0. The van der Waals surface area contributed by atoms with Crippen molar-refractivity contribution < 1.29 is 13.9 Å². The molecule has 1 atom stereocenters. The summed E-state index contributed by atoms with van der Waals surface area (Å²) in [6, 6.07) is 21.3. The smallest absolute Gasteiger partial charge is 0.255 e. The van der Waals surface area contributed by atoms with E-state index in [-0.39, 0.29) is 17.8 Å². The molecule has 0 aliphatic carbocycles. The van der Waals surface area contributed by atoms with Crippen LogP contribution in [0.1, 0.15) is 42.7 Å². The maximum atomic E-state index is 13.4. The first-order valence-electron chi connectivity index (χ1n) is 12.6. The van der Waals surface area contributed by atoms with Gasteiger partial charge in [-0.3, -0.25) is 9.78 Å². The van der Waals surface area contributed by atoms with Crippen molar-refractivity contribution in [1.82, 2.24) is 20.3 Å². The topological polar surface area (TPSA) is 79.9 Å². The minimum absolute atomic E-state index is 0.283. The zero-order valence-corrected chi connectivity index (χ0v) is 21.5. The highest BCUT2D eigenvalue weighted by Crippen LogP contribution is 2.29. The van der Waals surface area contributed by atoms with Crippen molar-refractivity contribution >= 4 is 16.7 Å². The SMILES string of the molecule is CC(C)COc1ccc(-c2c[nH]c(-c3cc4ccccc4cn3)n2)cc1C(=O)N[C@H](C)c1ccc(F)cc1. The summed E-state index contributed by atoms with van der Waals surface area (Å²) in [4.78, 5) is 25.9. The molecule has 2 N–H and O–H groups in total. The number of aromatic amines is 1. The van der Waals surface area contributed by atoms with E-state index in [2.05, 4.69) is 29.1 Å². The Bertz CT molecular complexity index is 1580. The van der Waals surface area contributed by atoms with Crippen molar-refractivity contribution in [2.75, 3.05) is 6.61 Å². The number of benzene rings is 3. The number of aromatic nitrogens is 3. The number of fused-ring (bicyclic) bond motifs is 1. The zero-order chi connectivity index (χ0) is 26.6. The van der Waals surface area contributed by atoms with Gasteiger partial charge in [0.15, 0.2) is 5.82 Å². The molecule has 5 aromatic rings. The third-order valence-electron chi connectivity index (χ3n) is 6.26. The molecule has 2 aromatic heterocycles. The Hall–Kier alpha value is -4.52. The van der Waals surface area contributed by atoms with Gasteiger partial charge in [-0.05, 0) is 60.2 Å². The van der Waals surface area contributed by atoms with Gasteiger partial charge in [-0.2, -0.15) is 0 Å². The number of pyridine rings is 1. The molecule has 2 heterocycles. The molecule has 0 saturated heterocycles. The van der Waals surface area contributed by atoms with E-state index in [4.69, 9.17) is 9.72 Å². The number of amides is 1. The first-order valence-corrected chi connectivity index (χ1v) is 12.6. The van der Waals surface area contributed by atoms with Crippen molar-refractivity contribution in [3.8, 4) is 28.5 Å². The summed E-state index contributed by atoms with van der Waals surface area (Å²) in [6.07, 6.45) is 3.64. The van der Waals surface area contributed by atoms with Crippen LogP contribution < -0.4 is 10.1 Å². The highest BCUT2D eigenvalue weighted by molar-refractivity contribution is 5.98. The lowest BCUT2D eigenvalue weighted by Gasteiger charge is -2.18. The number of carbonyl (C=O) groups is 1. The van der Waals surface area contributed by atoms with Gasteiger partial charge in [0.05, 0.1) is 23.9 Å². The van der Waals surface area contributed by atoms with E-state index >= 15 is 0 Å². The van der Waals surface area contributed by atoms with Crippen LogP contribution in [-0.2, 0) is 0 Å². The van der Waals surface area contributed by atoms with Crippen LogP contribution in [0.3, 0.4) is 0 Å². The number of ether oxygens (including phenoxy) is 1. The average Bonchev–Trinajstić information content (AvgIpc) is 3.42. The second-order valence-corrected chi connectivity index (χ2v) is 9.71. The highest BCUT2D eigenvalue weighted by atomic mass is 19.1. The van der Waals surface area contributed by atoms with Gasteiger partial charge in [-0.1, -0.05) is 50.2 Å². The summed E-state index contributed by atoms with van der Waals surface area (Å²) in [5, 5.41) is 5.15. The fraction of sp³-hybridized carbons (Fsp3) is 0.194. The molecule has 0 bridgehead atoms. The maximum absolute atomic E-state index is 13.4. The first kappa shape index (κ1) is 25.1. The van der Waals surface area contributed by atoms with Crippen molar-refractivity contribution in [3.05, 3.63) is 102 Å². The predicted molar refractivity (Wildman–Crippen MR) is 147 cm³/mol. The molecule has 0 fully saturated rings. The monoisotopic (exact) mass is 508 g/mol. The van der Waals surface area contributed by atoms with Crippen LogP contribution in [0.15, 0.2) is 85.2 Å². The fourth-order valence-electron chi connectivity index (χ4n) is 4.17. The molecule has 192 valence electrons. The van der Waals surface area contributed by atoms with Crippen LogP contribution >= 0.6 is 0 Å². The minimum atomic E-state index is -0.319. The summed E-state index contributed by atoms with van der Waals surface area (Å²) in [5.41, 5.74) is 3.40. The van der Waals surface area contributed by atoms with Gasteiger partial charge in [0.2, 0.25) is 0 Å². The largest absolute Gasteiger partial charge is 0.492 e. The van der Waals surface area contributed by atoms with Crippen molar-refractivity contribution in [2.45, 2.75) is 26.8 Å². The van der Waals surface area contributed by atoms with Gasteiger partial charge in [0, 0.05) is 23.3 Å². The second-order valence-electron chi connectivity index (χ2n) is 9.71. The Morgan fingerprint density at radius 1 is 0.974 bits per heavy atom. The molecular formula is C31H29FN4O2. The van der Waals surface area contributed by atoms with Crippen LogP contribution in [0.2, 0.25) is 0 Å². The van der Waals surface area contributed by atoms with Crippen LogP contribution in [0.4, 0.5) is 4.39 Å². The van der Waals surface area contributed by atoms with E-state index in [0.29, 0.717) is 35.4 Å². The number of nitrogens with one attached hydrogen (secondary N) is 2. The third-order valence-corrected chi connectivity index (χ3v) is 6.26. The van der Waals surface area contributed by atoms with E-state index in [9.17, 15) is 9.18 Å². The van der Waals surface area contributed by atoms with E-state index in [1.807, 2.05) is 49.5 Å². The Morgan fingerprint density at radius 3 is 2.50 bits per heavy atom. The number of halogens is 1. The van der Waals surface area contributed by atoms with Gasteiger partial charge < -0.3 is 15.0 Å². The Balaban J connectivity index is 1.44. The number of carbonyl (C=O) groups excluding carboxylic acids is 1. The lowest BCUT2D eigenvalue weighted by atomic mass is 10.0. The normalized spacial score (nSPS) is 12.0. The van der Waals surface area contributed by atoms with Crippen LogP contribution in [0.25, 0.3) is 33.5 Å². The molecule has 3 aromatic carbocycles. The quantitative estimate of drug-likeness (QED) is 0.238. The summed E-state index contributed by atoms with van der Waals surface area (Å²) < 4.78 is 19.3. The van der Waals surface area contributed by atoms with E-state index in [1.54, 1.807) is 30.5 Å². The molecule has 0 radical (unpaired) electrons. The number of imidazole rings is 1. The summed E-state index contributed by atoms with van der Waals surface area (Å²) in [5.74, 6) is 0.836. The van der Waals surface area contributed by atoms with Crippen molar-refractivity contribution in [3.63, 3.8) is 0 Å². The number of hydrogen-bond acceptors (Lipinski definition) is 4. The van der Waals surface area contributed by atoms with Crippen molar-refractivity contribution in [1.29, 1.82) is 0 Å². The van der Waals surface area contributed by atoms with E-state index in [1.165, 1.54) is 12.1 Å². The van der Waals surface area contributed by atoms with E-state index < -0.39 is 0 Å². The summed E-state index contributed by atoms with van der Waals surface area (Å²) in [6.45, 7) is 6.45. The lowest BCUT2D eigenvalue weighted by Crippen LogP contribution is -2.27. The predicted octanol–water partition coefficient (Wildman–Crippen LogP) is 6.96. The molecule has 0 aliphatic rings. The van der Waals surface area contributed by atoms with Crippen LogP contribution in [0, 0.1) is 11.7 Å². The molecular weight excluding hydrogens is 479 g/mol. The fourth-order valence-corrected chi connectivity index (χ4v) is 4.17. The Labute approximate surface area is 220 Å². The van der Waals surface area contributed by atoms with Gasteiger partial charge in [0.25, 0.3) is 5.91 Å². The van der Waals surface area contributed by atoms with Crippen LogP contribution in [0.5, 0.6) is 5.75 Å². The standard InChI is InChI=1S/C31H29FN4O2/c1-19(2)18-38-29-13-10-23(14-26(29)31(37)35-20(3)21-8-11-25(32)12-9-21)28-17-34-30(36-28)27-15-22-6-4-5-7-24(22)16-33-27/h4-17,19-20H,18H2,1-3H3,(H,34,36)(H,35,37)/t20-/m1/s1. The zero-order valence-electron chi connectivity index (χ0n) is 21.5. The molecule has 0 aliphatic heterocycles. The maximum Gasteiger partial charge on any atom is 0.255 e. The molecule has 5 rings (SSSR count). The number of hydrogen-bond donors (Lipinski definition) is 2. The second kappa shape index (κ2) is 10.8. The molecule has 7 heteroatoms. The highest BCUT2D eigenvalue weighted by Gasteiger charge is 2.19. The first-order chi connectivity index (χ1) is 18.4. The number of H-pyrrole nitrogens is 1. The van der Waals surface area contributed by atoms with Crippen molar-refractivity contribution in [2.24, 2.45) is 5.92 Å². The summed E-state index contributed by atoms with van der Waals surface area (Å²) in [7, 11) is 0. The molecule has 0 saturated carbocycles.